The highest BCUT2D eigenvalue weighted by Crippen LogP contribution is 2.47. The van der Waals surface area contributed by atoms with Gasteiger partial charge in [0.15, 0.2) is 0 Å². The smallest absolute Gasteiger partial charge is 0.270 e. The van der Waals surface area contributed by atoms with E-state index < -0.39 is 11.9 Å². The van der Waals surface area contributed by atoms with E-state index in [2.05, 4.69) is 10.00 Å². The first kappa shape index (κ1) is 18.1. The molecule has 1 amide bonds. The van der Waals surface area contributed by atoms with E-state index in [9.17, 15) is 9.59 Å². The highest BCUT2D eigenvalue weighted by atomic mass is 16.2. The fourth-order valence-corrected chi connectivity index (χ4v) is 4.15. The van der Waals surface area contributed by atoms with Crippen LogP contribution in [0, 0.1) is 18.3 Å². The molecule has 1 aromatic heterocycles. The minimum atomic E-state index is -0.673. The van der Waals surface area contributed by atoms with Crippen molar-refractivity contribution in [2.75, 3.05) is 19.6 Å². The quantitative estimate of drug-likeness (QED) is 0.814. The van der Waals surface area contributed by atoms with Crippen molar-refractivity contribution in [3.8, 4) is 0 Å². The Morgan fingerprint density at radius 1 is 1.36 bits per heavy atom. The number of rotatable bonds is 7. The van der Waals surface area contributed by atoms with Gasteiger partial charge in [-0.2, -0.15) is 5.10 Å². The summed E-state index contributed by atoms with van der Waals surface area (Å²) in [6, 6.07) is 1.18. The summed E-state index contributed by atoms with van der Waals surface area (Å²) < 4.78 is 1.32. The first-order valence-corrected chi connectivity index (χ1v) is 9.41. The van der Waals surface area contributed by atoms with Crippen LogP contribution in [0.3, 0.4) is 0 Å². The number of aryl methyl sites for hydroxylation is 1. The van der Waals surface area contributed by atoms with Crippen LogP contribution >= 0.6 is 0 Å². The zero-order valence-electron chi connectivity index (χ0n) is 15.6. The molecule has 3 rings (SSSR count). The molecule has 1 aliphatic heterocycles. The van der Waals surface area contributed by atoms with Crippen molar-refractivity contribution in [3.63, 3.8) is 0 Å². The van der Waals surface area contributed by atoms with Gasteiger partial charge in [-0.15, -0.1) is 0 Å². The monoisotopic (exact) mass is 346 g/mol. The Morgan fingerprint density at radius 3 is 2.56 bits per heavy atom. The second-order valence-electron chi connectivity index (χ2n) is 8.43. The molecule has 25 heavy (non-hydrogen) atoms. The van der Waals surface area contributed by atoms with E-state index in [4.69, 9.17) is 5.73 Å². The van der Waals surface area contributed by atoms with Gasteiger partial charge in [0, 0.05) is 31.6 Å². The van der Waals surface area contributed by atoms with Gasteiger partial charge in [0.25, 0.3) is 5.56 Å². The van der Waals surface area contributed by atoms with E-state index in [1.165, 1.54) is 37.0 Å². The fraction of sp³-hybridized carbons (Fsp3) is 0.737. The Morgan fingerprint density at radius 2 is 2.04 bits per heavy atom. The van der Waals surface area contributed by atoms with Crippen molar-refractivity contribution >= 4 is 5.91 Å². The van der Waals surface area contributed by atoms with Gasteiger partial charge < -0.3 is 10.6 Å². The minimum absolute atomic E-state index is 0.217. The molecule has 1 aromatic rings. The summed E-state index contributed by atoms with van der Waals surface area (Å²) in [6.07, 6.45) is 5.45. The van der Waals surface area contributed by atoms with Crippen LogP contribution in [0.4, 0.5) is 0 Å². The van der Waals surface area contributed by atoms with Crippen molar-refractivity contribution in [2.24, 2.45) is 17.1 Å². The Kier molecular flexibility index (Phi) is 5.00. The van der Waals surface area contributed by atoms with Gasteiger partial charge in [-0.05, 0) is 43.6 Å². The van der Waals surface area contributed by atoms with E-state index in [1.807, 2.05) is 19.9 Å². The molecular formula is C19H30N4O2. The maximum absolute atomic E-state index is 12.5. The number of amides is 1. The van der Waals surface area contributed by atoms with Crippen LogP contribution in [-0.4, -0.2) is 40.2 Å². The zero-order chi connectivity index (χ0) is 18.2. The van der Waals surface area contributed by atoms with Crippen molar-refractivity contribution in [1.82, 2.24) is 14.7 Å². The van der Waals surface area contributed by atoms with Crippen LogP contribution < -0.4 is 11.3 Å². The fourth-order valence-electron chi connectivity index (χ4n) is 4.15. The molecule has 1 spiro atoms. The first-order valence-electron chi connectivity index (χ1n) is 9.41. The predicted molar refractivity (Wildman–Crippen MR) is 97.3 cm³/mol. The number of aromatic nitrogens is 2. The number of primary amides is 1. The Hall–Kier alpha value is -1.69. The molecule has 0 aromatic carbocycles. The Labute approximate surface area is 149 Å². The van der Waals surface area contributed by atoms with Crippen LogP contribution in [0.15, 0.2) is 10.9 Å². The minimum Gasteiger partial charge on any atom is -0.368 e. The van der Waals surface area contributed by atoms with Gasteiger partial charge in [-0.1, -0.05) is 20.3 Å². The van der Waals surface area contributed by atoms with Gasteiger partial charge >= 0.3 is 0 Å². The summed E-state index contributed by atoms with van der Waals surface area (Å²) in [5, 5.41) is 4.49. The number of hydrogen-bond donors (Lipinski definition) is 1. The SMILES string of the molecule is Cc1cc(CCN2CC3(CCC3)C2)nn([C@@H](CC(C)C)C(N)=O)c1=O. The maximum Gasteiger partial charge on any atom is 0.270 e. The van der Waals surface area contributed by atoms with E-state index in [1.54, 1.807) is 6.92 Å². The highest BCUT2D eigenvalue weighted by Gasteiger charge is 2.46. The van der Waals surface area contributed by atoms with Crippen molar-refractivity contribution < 1.29 is 4.79 Å². The number of hydrogen-bond acceptors (Lipinski definition) is 4. The maximum atomic E-state index is 12.5. The molecule has 2 fully saturated rings. The number of nitrogens with zero attached hydrogens (tertiary/aromatic N) is 3. The molecule has 1 saturated heterocycles. The number of likely N-dealkylation sites (tertiary alicyclic amines) is 1. The summed E-state index contributed by atoms with van der Waals surface area (Å²) in [5.41, 5.74) is 7.43. The van der Waals surface area contributed by atoms with Gasteiger partial charge in [0.05, 0.1) is 5.69 Å². The molecule has 0 bridgehead atoms. The largest absolute Gasteiger partial charge is 0.368 e. The third kappa shape index (κ3) is 3.78. The summed E-state index contributed by atoms with van der Waals surface area (Å²) in [6.45, 7) is 9.16. The third-order valence-electron chi connectivity index (χ3n) is 5.70. The topological polar surface area (TPSA) is 81.2 Å². The number of carbonyl (C=O) groups excluding carboxylic acids is 1. The van der Waals surface area contributed by atoms with Crippen molar-refractivity contribution in [1.29, 1.82) is 0 Å². The molecule has 1 aliphatic carbocycles. The van der Waals surface area contributed by atoms with Gasteiger partial charge in [-0.3, -0.25) is 9.59 Å². The average Bonchev–Trinajstić information content (AvgIpc) is 2.44. The van der Waals surface area contributed by atoms with Crippen molar-refractivity contribution in [3.05, 3.63) is 27.7 Å². The van der Waals surface area contributed by atoms with Crippen molar-refractivity contribution in [2.45, 2.75) is 58.9 Å². The van der Waals surface area contributed by atoms with E-state index in [0.717, 1.165) is 18.7 Å². The summed E-state index contributed by atoms with van der Waals surface area (Å²) in [7, 11) is 0. The number of carbonyl (C=O) groups is 1. The van der Waals surface area contributed by atoms with E-state index in [-0.39, 0.29) is 11.5 Å². The van der Waals surface area contributed by atoms with Gasteiger partial charge in [0.1, 0.15) is 6.04 Å². The Bertz CT molecular complexity index is 698. The van der Waals surface area contributed by atoms with Crippen LogP contribution in [-0.2, 0) is 11.2 Å². The normalized spacial score (nSPS) is 20.3. The first-order chi connectivity index (χ1) is 11.8. The lowest BCUT2D eigenvalue weighted by Crippen LogP contribution is -2.59. The molecular weight excluding hydrogens is 316 g/mol. The van der Waals surface area contributed by atoms with Crippen LogP contribution in [0.5, 0.6) is 0 Å². The zero-order valence-corrected chi connectivity index (χ0v) is 15.6. The summed E-state index contributed by atoms with van der Waals surface area (Å²) in [4.78, 5) is 26.8. The summed E-state index contributed by atoms with van der Waals surface area (Å²) in [5.74, 6) is -0.232. The highest BCUT2D eigenvalue weighted by molar-refractivity contribution is 5.78. The molecule has 1 saturated carbocycles. The van der Waals surface area contributed by atoms with E-state index >= 15 is 0 Å². The molecule has 2 N–H and O–H groups in total. The van der Waals surface area contributed by atoms with Gasteiger partial charge in [0.2, 0.25) is 5.91 Å². The predicted octanol–water partition coefficient (Wildman–Crippen LogP) is 1.65. The third-order valence-corrected chi connectivity index (χ3v) is 5.70. The second kappa shape index (κ2) is 6.90. The molecule has 2 heterocycles. The lowest BCUT2D eigenvalue weighted by atomic mass is 9.63. The molecule has 1 atom stereocenters. The molecule has 0 unspecified atom stereocenters. The van der Waals surface area contributed by atoms with E-state index in [0.29, 0.717) is 17.4 Å². The molecule has 0 radical (unpaired) electrons. The van der Waals surface area contributed by atoms with Gasteiger partial charge in [-0.25, -0.2) is 4.68 Å². The molecule has 6 heteroatoms. The molecule has 138 valence electrons. The lowest BCUT2D eigenvalue weighted by molar-refractivity contribution is -0.122. The standard InChI is InChI=1S/C19H30N4O2/c1-13(2)9-16(17(20)24)23-18(25)14(3)10-15(21-23)5-8-22-11-19(12-22)6-4-7-19/h10,13,16H,4-9,11-12H2,1-3H3,(H2,20,24)/t16-/m0/s1. The van der Waals surface area contributed by atoms with Crippen LogP contribution in [0.1, 0.15) is 56.8 Å². The Balaban J connectivity index is 1.71. The number of nitrogens with two attached hydrogens (primary N) is 1. The lowest BCUT2D eigenvalue weighted by Gasteiger charge is -2.56. The molecule has 6 nitrogen and oxygen atoms in total. The van der Waals surface area contributed by atoms with Crippen LogP contribution in [0.25, 0.3) is 0 Å². The van der Waals surface area contributed by atoms with Crippen LogP contribution in [0.2, 0.25) is 0 Å². The average molecular weight is 346 g/mol. The molecule has 2 aliphatic rings. The second-order valence-corrected chi connectivity index (χ2v) is 8.43. The summed E-state index contributed by atoms with van der Waals surface area (Å²) >= 11 is 0.